The molecular formula is C17H13NO3S2. The molecule has 0 fully saturated rings. The number of carbonyl (C=O) groups excluding carboxylic acids is 1. The summed E-state index contributed by atoms with van der Waals surface area (Å²) in [6.45, 7) is 3.73. The lowest BCUT2D eigenvalue weighted by Crippen LogP contribution is -2.19. The second-order valence-electron chi connectivity index (χ2n) is 4.80. The van der Waals surface area contributed by atoms with Crippen molar-refractivity contribution in [3.8, 4) is 11.1 Å². The SMILES string of the molecule is C=c1[nH]c(=O)c(=Cc2cc(-c3cccc(C(=O)OC)c3)cs2)s1. The highest BCUT2D eigenvalue weighted by atomic mass is 32.1. The Kier molecular flexibility index (Phi) is 4.27. The molecule has 0 saturated carbocycles. The smallest absolute Gasteiger partial charge is 0.337 e. The van der Waals surface area contributed by atoms with E-state index in [2.05, 4.69) is 11.6 Å². The van der Waals surface area contributed by atoms with Crippen LogP contribution in [0.5, 0.6) is 0 Å². The number of H-pyrrole nitrogens is 1. The van der Waals surface area contributed by atoms with Crippen molar-refractivity contribution in [3.63, 3.8) is 0 Å². The highest BCUT2D eigenvalue weighted by molar-refractivity contribution is 7.11. The summed E-state index contributed by atoms with van der Waals surface area (Å²) in [5, 5.41) is 2.00. The third kappa shape index (κ3) is 3.33. The Morgan fingerprint density at radius 2 is 2.13 bits per heavy atom. The van der Waals surface area contributed by atoms with Gasteiger partial charge in [0.25, 0.3) is 5.56 Å². The van der Waals surface area contributed by atoms with Gasteiger partial charge >= 0.3 is 5.97 Å². The molecular weight excluding hydrogens is 330 g/mol. The highest BCUT2D eigenvalue weighted by Gasteiger charge is 2.08. The van der Waals surface area contributed by atoms with E-state index in [-0.39, 0.29) is 11.5 Å². The molecule has 23 heavy (non-hydrogen) atoms. The van der Waals surface area contributed by atoms with Gasteiger partial charge in [0, 0.05) is 4.88 Å². The monoisotopic (exact) mass is 343 g/mol. The van der Waals surface area contributed by atoms with Gasteiger partial charge in [0.1, 0.15) is 0 Å². The number of ether oxygens (including phenoxy) is 1. The van der Waals surface area contributed by atoms with E-state index in [9.17, 15) is 9.59 Å². The molecule has 0 unspecified atom stereocenters. The van der Waals surface area contributed by atoms with Gasteiger partial charge in [-0.05, 0) is 40.8 Å². The molecule has 0 radical (unpaired) electrons. The zero-order chi connectivity index (χ0) is 16.4. The largest absolute Gasteiger partial charge is 0.465 e. The fourth-order valence-corrected chi connectivity index (χ4v) is 3.80. The van der Waals surface area contributed by atoms with Gasteiger partial charge in [0.2, 0.25) is 0 Å². The van der Waals surface area contributed by atoms with Crippen molar-refractivity contribution in [3.05, 3.63) is 65.7 Å². The number of hydrogen-bond acceptors (Lipinski definition) is 5. The van der Waals surface area contributed by atoms with Crippen LogP contribution >= 0.6 is 22.7 Å². The number of hydrogen-bond donors (Lipinski definition) is 1. The van der Waals surface area contributed by atoms with Gasteiger partial charge in [-0.2, -0.15) is 0 Å². The summed E-state index contributed by atoms with van der Waals surface area (Å²) in [5.74, 6) is -0.359. The zero-order valence-corrected chi connectivity index (χ0v) is 13.9. The Morgan fingerprint density at radius 1 is 1.30 bits per heavy atom. The third-order valence-electron chi connectivity index (χ3n) is 3.22. The molecule has 3 rings (SSSR count). The van der Waals surface area contributed by atoms with E-state index in [1.807, 2.05) is 29.7 Å². The topological polar surface area (TPSA) is 59.2 Å². The van der Waals surface area contributed by atoms with Crippen molar-refractivity contribution in [1.29, 1.82) is 0 Å². The number of nitrogens with one attached hydrogen (secondary N) is 1. The van der Waals surface area contributed by atoms with Crippen LogP contribution in [0.25, 0.3) is 23.8 Å². The van der Waals surface area contributed by atoms with E-state index in [1.165, 1.54) is 29.8 Å². The van der Waals surface area contributed by atoms with E-state index in [1.54, 1.807) is 12.1 Å². The summed E-state index contributed by atoms with van der Waals surface area (Å²) in [5.41, 5.74) is 2.32. The maximum atomic E-state index is 11.7. The van der Waals surface area contributed by atoms with Crippen LogP contribution < -0.4 is 14.8 Å². The van der Waals surface area contributed by atoms with Gasteiger partial charge in [0.15, 0.2) is 0 Å². The lowest BCUT2D eigenvalue weighted by molar-refractivity contribution is 0.0601. The number of aromatic nitrogens is 1. The molecule has 0 aliphatic heterocycles. The Hall–Kier alpha value is -2.44. The number of thiazole rings is 1. The van der Waals surface area contributed by atoms with Crippen molar-refractivity contribution in [1.82, 2.24) is 4.98 Å². The lowest BCUT2D eigenvalue weighted by atomic mass is 10.1. The molecule has 4 nitrogen and oxygen atoms in total. The number of benzene rings is 1. The molecule has 0 aliphatic rings. The summed E-state index contributed by atoms with van der Waals surface area (Å²) >= 11 is 2.87. The quantitative estimate of drug-likeness (QED) is 0.742. The summed E-state index contributed by atoms with van der Waals surface area (Å²) < 4.78 is 6.02. The summed E-state index contributed by atoms with van der Waals surface area (Å²) in [7, 11) is 1.36. The predicted octanol–water partition coefficient (Wildman–Crippen LogP) is 2.19. The molecule has 2 aromatic heterocycles. The Morgan fingerprint density at radius 3 is 2.83 bits per heavy atom. The number of thiophene rings is 1. The van der Waals surface area contributed by atoms with Crippen LogP contribution in [-0.2, 0) is 4.74 Å². The van der Waals surface area contributed by atoms with E-state index in [0.29, 0.717) is 14.8 Å². The molecule has 0 aliphatic carbocycles. The summed E-state index contributed by atoms with van der Waals surface area (Å²) in [4.78, 5) is 27.0. The molecule has 3 aromatic rings. The number of carbonyl (C=O) groups is 1. The summed E-state index contributed by atoms with van der Waals surface area (Å²) in [6, 6.07) is 9.26. The first kappa shape index (κ1) is 15.5. The van der Waals surface area contributed by atoms with Gasteiger partial charge in [-0.1, -0.05) is 18.7 Å². The molecule has 0 saturated heterocycles. The van der Waals surface area contributed by atoms with Crippen LogP contribution in [0.4, 0.5) is 0 Å². The summed E-state index contributed by atoms with van der Waals surface area (Å²) in [6.07, 6.45) is 1.84. The minimum absolute atomic E-state index is 0.123. The van der Waals surface area contributed by atoms with Crippen LogP contribution in [0, 0.1) is 0 Å². The number of aromatic amines is 1. The normalized spacial score (nSPS) is 11.6. The average Bonchev–Trinajstić information content (AvgIpc) is 3.14. The van der Waals surface area contributed by atoms with E-state index >= 15 is 0 Å². The second-order valence-corrected chi connectivity index (χ2v) is 6.88. The molecule has 0 spiro atoms. The highest BCUT2D eigenvalue weighted by Crippen LogP contribution is 2.26. The van der Waals surface area contributed by atoms with Crippen LogP contribution in [0.3, 0.4) is 0 Å². The van der Waals surface area contributed by atoms with Gasteiger partial charge in [-0.15, -0.1) is 22.7 Å². The first-order valence-electron chi connectivity index (χ1n) is 6.74. The van der Waals surface area contributed by atoms with Gasteiger partial charge in [-0.25, -0.2) is 4.79 Å². The van der Waals surface area contributed by atoms with Crippen molar-refractivity contribution >= 4 is 41.3 Å². The Labute approximate surface area is 140 Å². The number of esters is 1. The van der Waals surface area contributed by atoms with Gasteiger partial charge in [0.05, 0.1) is 21.9 Å². The van der Waals surface area contributed by atoms with E-state index in [0.717, 1.165) is 16.0 Å². The molecule has 0 bridgehead atoms. The zero-order valence-electron chi connectivity index (χ0n) is 12.3. The molecule has 0 amide bonds. The second kappa shape index (κ2) is 6.36. The molecule has 116 valence electrons. The van der Waals surface area contributed by atoms with Gasteiger partial charge in [-0.3, -0.25) is 4.79 Å². The number of rotatable bonds is 3. The lowest BCUT2D eigenvalue weighted by Gasteiger charge is -2.02. The van der Waals surface area contributed by atoms with Crippen LogP contribution in [0.2, 0.25) is 0 Å². The maximum Gasteiger partial charge on any atom is 0.337 e. The van der Waals surface area contributed by atoms with Crippen molar-refractivity contribution < 1.29 is 9.53 Å². The molecule has 1 aromatic carbocycles. The Balaban J connectivity index is 1.98. The van der Waals surface area contributed by atoms with Crippen LogP contribution in [0.1, 0.15) is 15.2 Å². The van der Waals surface area contributed by atoms with Gasteiger partial charge < -0.3 is 9.72 Å². The predicted molar refractivity (Wildman–Crippen MR) is 94.4 cm³/mol. The van der Waals surface area contributed by atoms with E-state index < -0.39 is 0 Å². The third-order valence-corrected chi connectivity index (χ3v) is 4.97. The van der Waals surface area contributed by atoms with Crippen LogP contribution in [-0.4, -0.2) is 18.1 Å². The van der Waals surface area contributed by atoms with Crippen molar-refractivity contribution in [2.75, 3.05) is 7.11 Å². The minimum atomic E-state index is -0.359. The Bertz CT molecular complexity index is 1030. The molecule has 6 heteroatoms. The van der Waals surface area contributed by atoms with Crippen molar-refractivity contribution in [2.45, 2.75) is 0 Å². The fourth-order valence-electron chi connectivity index (χ4n) is 2.14. The first-order valence-corrected chi connectivity index (χ1v) is 8.43. The first-order chi connectivity index (χ1) is 11.1. The van der Waals surface area contributed by atoms with Crippen molar-refractivity contribution in [2.24, 2.45) is 0 Å². The average molecular weight is 343 g/mol. The van der Waals surface area contributed by atoms with Crippen LogP contribution in [0.15, 0.2) is 40.5 Å². The maximum absolute atomic E-state index is 11.7. The molecule has 2 heterocycles. The van der Waals surface area contributed by atoms with E-state index in [4.69, 9.17) is 4.74 Å². The minimum Gasteiger partial charge on any atom is -0.465 e. The number of methoxy groups -OCH3 is 1. The molecule has 0 atom stereocenters. The fraction of sp³-hybridized carbons (Fsp3) is 0.0588. The standard InChI is InChI=1S/C17H13NO3S2/c1-10-18-16(19)15(23-10)8-14-7-13(9-22-14)11-4-3-5-12(6-11)17(20)21-2/h3-9H,1H2,2H3,(H,18,19). The molecule has 1 N–H and O–H groups in total.